The first-order chi connectivity index (χ1) is 9.61. The summed E-state index contributed by atoms with van der Waals surface area (Å²) in [6.07, 6.45) is 0. The summed E-state index contributed by atoms with van der Waals surface area (Å²) < 4.78 is 5.24. The normalized spacial score (nSPS) is 9.90. The Morgan fingerprint density at radius 2 is 1.95 bits per heavy atom. The fourth-order valence-electron chi connectivity index (χ4n) is 1.84. The van der Waals surface area contributed by atoms with Crippen LogP contribution in [0.25, 0.3) is 0 Å². The molecule has 2 aromatic carbocycles. The number of benzene rings is 2. The number of ether oxygens (including phenoxy) is 1. The number of urea groups is 1. The molecular weight excluding hydrogens is 254 g/mol. The number of carbonyl (C=O) groups is 1. The van der Waals surface area contributed by atoms with Crippen molar-refractivity contribution in [3.63, 3.8) is 0 Å². The molecule has 5 heteroatoms. The molecule has 104 valence electrons. The zero-order valence-corrected chi connectivity index (χ0v) is 11.5. The second-order valence-electron chi connectivity index (χ2n) is 4.29. The van der Waals surface area contributed by atoms with Crippen LogP contribution in [0.1, 0.15) is 0 Å². The van der Waals surface area contributed by atoms with E-state index in [0.717, 1.165) is 0 Å². The van der Waals surface area contributed by atoms with Crippen molar-refractivity contribution in [2.45, 2.75) is 0 Å². The maximum atomic E-state index is 12.2. The van der Waals surface area contributed by atoms with E-state index < -0.39 is 0 Å². The fraction of sp³-hybridized carbons (Fsp3) is 0.133. The molecule has 2 aromatic rings. The van der Waals surface area contributed by atoms with Gasteiger partial charge in [0.15, 0.2) is 0 Å². The maximum Gasteiger partial charge on any atom is 0.326 e. The molecule has 0 unspecified atom stereocenters. The van der Waals surface area contributed by atoms with Crippen molar-refractivity contribution in [2.24, 2.45) is 0 Å². The first-order valence-corrected chi connectivity index (χ1v) is 6.15. The zero-order chi connectivity index (χ0) is 14.5. The Bertz CT molecular complexity index is 614. The molecule has 0 atom stereocenters. The SMILES string of the molecule is COc1ccccc1N(C)C(=O)Nc1cccc(N)c1. The summed E-state index contributed by atoms with van der Waals surface area (Å²) in [5, 5.41) is 2.78. The molecular formula is C15H17N3O2. The molecule has 0 aliphatic rings. The number of anilines is 3. The van der Waals surface area contributed by atoms with Crippen LogP contribution in [0, 0.1) is 0 Å². The van der Waals surface area contributed by atoms with E-state index in [9.17, 15) is 4.79 Å². The number of hydrogen-bond acceptors (Lipinski definition) is 3. The number of nitrogen functional groups attached to an aromatic ring is 1. The van der Waals surface area contributed by atoms with Gasteiger partial charge in [-0.2, -0.15) is 0 Å². The van der Waals surface area contributed by atoms with Crippen molar-refractivity contribution in [2.75, 3.05) is 30.1 Å². The number of hydrogen-bond donors (Lipinski definition) is 2. The highest BCUT2D eigenvalue weighted by molar-refractivity contribution is 6.02. The topological polar surface area (TPSA) is 67.6 Å². The van der Waals surface area contributed by atoms with E-state index in [4.69, 9.17) is 10.5 Å². The summed E-state index contributed by atoms with van der Waals surface area (Å²) in [6, 6.07) is 14.1. The van der Waals surface area contributed by atoms with Crippen LogP contribution in [-0.2, 0) is 0 Å². The average Bonchev–Trinajstić information content (AvgIpc) is 2.46. The lowest BCUT2D eigenvalue weighted by molar-refractivity contribution is 0.258. The molecule has 0 saturated carbocycles. The van der Waals surface area contributed by atoms with Gasteiger partial charge in [-0.15, -0.1) is 0 Å². The van der Waals surface area contributed by atoms with Crippen LogP contribution < -0.4 is 20.7 Å². The lowest BCUT2D eigenvalue weighted by atomic mass is 10.2. The lowest BCUT2D eigenvalue weighted by Gasteiger charge is -2.20. The highest BCUT2D eigenvalue weighted by Crippen LogP contribution is 2.27. The highest BCUT2D eigenvalue weighted by atomic mass is 16.5. The number of carbonyl (C=O) groups excluding carboxylic acids is 1. The third kappa shape index (κ3) is 3.00. The van der Waals surface area contributed by atoms with E-state index in [1.54, 1.807) is 44.5 Å². The Labute approximate surface area is 118 Å². The highest BCUT2D eigenvalue weighted by Gasteiger charge is 2.14. The summed E-state index contributed by atoms with van der Waals surface area (Å²) in [4.78, 5) is 13.7. The summed E-state index contributed by atoms with van der Waals surface area (Å²) in [7, 11) is 3.25. The van der Waals surface area contributed by atoms with E-state index in [1.807, 2.05) is 18.2 Å². The van der Waals surface area contributed by atoms with E-state index in [0.29, 0.717) is 22.8 Å². The van der Waals surface area contributed by atoms with Gasteiger partial charge in [0.2, 0.25) is 0 Å². The monoisotopic (exact) mass is 271 g/mol. The molecule has 0 radical (unpaired) electrons. The van der Waals surface area contributed by atoms with Gasteiger partial charge in [-0.05, 0) is 30.3 Å². The predicted molar refractivity (Wildman–Crippen MR) is 81.3 cm³/mol. The second kappa shape index (κ2) is 5.97. The molecule has 20 heavy (non-hydrogen) atoms. The Balaban J connectivity index is 2.16. The molecule has 0 bridgehead atoms. The third-order valence-electron chi connectivity index (χ3n) is 2.89. The quantitative estimate of drug-likeness (QED) is 0.843. The van der Waals surface area contributed by atoms with Gasteiger partial charge >= 0.3 is 6.03 Å². The fourth-order valence-corrected chi connectivity index (χ4v) is 1.84. The van der Waals surface area contributed by atoms with Crippen LogP contribution in [0.4, 0.5) is 21.9 Å². The first-order valence-electron chi connectivity index (χ1n) is 6.15. The molecule has 0 saturated heterocycles. The van der Waals surface area contributed by atoms with E-state index in [2.05, 4.69) is 5.32 Å². The van der Waals surface area contributed by atoms with Crippen LogP contribution in [-0.4, -0.2) is 20.2 Å². The molecule has 0 aliphatic carbocycles. The summed E-state index contributed by atoms with van der Waals surface area (Å²) in [5.41, 5.74) is 7.62. The predicted octanol–water partition coefficient (Wildman–Crippen LogP) is 2.95. The van der Waals surface area contributed by atoms with Crippen LogP contribution >= 0.6 is 0 Å². The number of nitrogens with two attached hydrogens (primary N) is 1. The zero-order valence-electron chi connectivity index (χ0n) is 11.5. The van der Waals surface area contributed by atoms with Crippen molar-refractivity contribution in [3.05, 3.63) is 48.5 Å². The van der Waals surface area contributed by atoms with Gasteiger partial charge in [-0.1, -0.05) is 18.2 Å². The number of rotatable bonds is 3. The Kier molecular flexibility index (Phi) is 4.10. The number of amides is 2. The lowest BCUT2D eigenvalue weighted by Crippen LogP contribution is -2.31. The number of methoxy groups -OCH3 is 1. The van der Waals surface area contributed by atoms with Gasteiger partial charge in [-0.3, -0.25) is 4.90 Å². The van der Waals surface area contributed by atoms with Gasteiger partial charge in [0.05, 0.1) is 12.8 Å². The van der Waals surface area contributed by atoms with Crippen molar-refractivity contribution >= 4 is 23.1 Å². The minimum Gasteiger partial charge on any atom is -0.495 e. The molecule has 0 heterocycles. The minimum atomic E-state index is -0.264. The molecule has 2 amide bonds. The summed E-state index contributed by atoms with van der Waals surface area (Å²) in [5.74, 6) is 0.637. The van der Waals surface area contributed by atoms with E-state index in [-0.39, 0.29) is 6.03 Å². The number of para-hydroxylation sites is 2. The summed E-state index contributed by atoms with van der Waals surface area (Å²) >= 11 is 0. The number of nitrogens with one attached hydrogen (secondary N) is 1. The van der Waals surface area contributed by atoms with Gasteiger partial charge in [-0.25, -0.2) is 4.79 Å². The molecule has 0 spiro atoms. The van der Waals surface area contributed by atoms with Crippen LogP contribution in [0.15, 0.2) is 48.5 Å². The maximum absolute atomic E-state index is 12.2. The minimum absolute atomic E-state index is 0.264. The molecule has 0 aliphatic heterocycles. The molecule has 0 fully saturated rings. The van der Waals surface area contributed by atoms with E-state index in [1.165, 1.54) is 4.90 Å². The van der Waals surface area contributed by atoms with Crippen LogP contribution in [0.2, 0.25) is 0 Å². The molecule has 0 aromatic heterocycles. The third-order valence-corrected chi connectivity index (χ3v) is 2.89. The van der Waals surface area contributed by atoms with Gasteiger partial charge < -0.3 is 15.8 Å². The molecule has 5 nitrogen and oxygen atoms in total. The largest absolute Gasteiger partial charge is 0.495 e. The molecule has 3 N–H and O–H groups in total. The van der Waals surface area contributed by atoms with Crippen molar-refractivity contribution < 1.29 is 9.53 Å². The van der Waals surface area contributed by atoms with Crippen molar-refractivity contribution in [1.29, 1.82) is 0 Å². The number of nitrogens with zero attached hydrogens (tertiary/aromatic N) is 1. The van der Waals surface area contributed by atoms with Gasteiger partial charge in [0.25, 0.3) is 0 Å². The van der Waals surface area contributed by atoms with Crippen LogP contribution in [0.3, 0.4) is 0 Å². The second-order valence-corrected chi connectivity index (χ2v) is 4.29. The van der Waals surface area contributed by atoms with Crippen molar-refractivity contribution in [1.82, 2.24) is 0 Å². The Hall–Kier alpha value is -2.69. The standard InChI is InChI=1S/C15H17N3O2/c1-18(13-8-3-4-9-14(13)20-2)15(19)17-12-7-5-6-11(16)10-12/h3-10H,16H2,1-2H3,(H,17,19). The van der Waals surface area contributed by atoms with Crippen LogP contribution in [0.5, 0.6) is 5.75 Å². The first kappa shape index (κ1) is 13.7. The van der Waals surface area contributed by atoms with Gasteiger partial charge in [0, 0.05) is 18.4 Å². The average molecular weight is 271 g/mol. The van der Waals surface area contributed by atoms with E-state index >= 15 is 0 Å². The van der Waals surface area contributed by atoms with Gasteiger partial charge in [0.1, 0.15) is 5.75 Å². The Morgan fingerprint density at radius 3 is 2.65 bits per heavy atom. The Morgan fingerprint density at radius 1 is 1.20 bits per heavy atom. The van der Waals surface area contributed by atoms with Crippen molar-refractivity contribution in [3.8, 4) is 5.75 Å². The smallest absolute Gasteiger partial charge is 0.326 e. The summed E-state index contributed by atoms with van der Waals surface area (Å²) in [6.45, 7) is 0. The molecule has 2 rings (SSSR count).